The van der Waals surface area contributed by atoms with Crippen LogP contribution in [-0.4, -0.2) is 41.3 Å². The second kappa shape index (κ2) is 9.26. The average molecular weight is 453 g/mol. The fraction of sp³-hybridized carbons (Fsp3) is 0.333. The summed E-state index contributed by atoms with van der Waals surface area (Å²) >= 11 is 0. The molecule has 0 radical (unpaired) electrons. The van der Waals surface area contributed by atoms with Crippen molar-refractivity contribution < 1.29 is 13.2 Å². The summed E-state index contributed by atoms with van der Waals surface area (Å²) in [5.41, 5.74) is 2.95. The normalized spacial score (nSPS) is 14.9. The number of hydrogen-bond acceptors (Lipinski definition) is 4. The fourth-order valence-corrected chi connectivity index (χ4v) is 5.74. The molecule has 0 bridgehead atoms. The molecular formula is C24H28N4O3S. The van der Waals surface area contributed by atoms with Gasteiger partial charge in [-0.2, -0.15) is 4.31 Å². The van der Waals surface area contributed by atoms with Crippen LogP contribution < -0.4 is 5.32 Å². The molecule has 0 aliphatic carbocycles. The number of sulfonamides is 1. The SMILES string of the molecule is Cc1ccc(C(=O)NCc2ccc(-n3ccnc3C)cc2)cc1S(=O)(=O)N1CCCCC1. The van der Waals surface area contributed by atoms with Crippen LogP contribution in [0.2, 0.25) is 0 Å². The second-order valence-electron chi connectivity index (χ2n) is 8.14. The predicted molar refractivity (Wildman–Crippen MR) is 123 cm³/mol. The molecular weight excluding hydrogens is 424 g/mol. The van der Waals surface area contributed by atoms with Gasteiger partial charge in [-0.1, -0.05) is 24.6 Å². The Labute approximate surface area is 189 Å². The highest BCUT2D eigenvalue weighted by molar-refractivity contribution is 7.89. The van der Waals surface area contributed by atoms with Gasteiger partial charge in [0.2, 0.25) is 10.0 Å². The van der Waals surface area contributed by atoms with Crippen molar-refractivity contribution in [3.63, 3.8) is 0 Å². The van der Waals surface area contributed by atoms with Crippen molar-refractivity contribution in [1.82, 2.24) is 19.2 Å². The first-order valence-corrected chi connectivity index (χ1v) is 12.3. The third-order valence-corrected chi connectivity index (χ3v) is 7.92. The van der Waals surface area contributed by atoms with Gasteiger partial charge in [-0.15, -0.1) is 0 Å². The van der Waals surface area contributed by atoms with Crippen molar-refractivity contribution in [3.05, 3.63) is 77.4 Å². The highest BCUT2D eigenvalue weighted by Crippen LogP contribution is 2.24. The Kier molecular flexibility index (Phi) is 6.43. The number of piperidine rings is 1. The summed E-state index contributed by atoms with van der Waals surface area (Å²) in [5, 5.41) is 2.89. The van der Waals surface area contributed by atoms with E-state index in [4.69, 9.17) is 0 Å². The minimum Gasteiger partial charge on any atom is -0.348 e. The molecule has 3 aromatic rings. The lowest BCUT2D eigenvalue weighted by Crippen LogP contribution is -2.36. The van der Waals surface area contributed by atoms with Crippen LogP contribution in [0.4, 0.5) is 0 Å². The highest BCUT2D eigenvalue weighted by Gasteiger charge is 2.28. The van der Waals surface area contributed by atoms with Gasteiger partial charge in [0.05, 0.1) is 4.90 Å². The monoisotopic (exact) mass is 452 g/mol. The molecule has 1 aliphatic heterocycles. The smallest absolute Gasteiger partial charge is 0.251 e. The molecule has 0 atom stereocenters. The molecule has 1 aliphatic rings. The molecule has 4 rings (SSSR count). The third kappa shape index (κ3) is 4.61. The van der Waals surface area contributed by atoms with Crippen LogP contribution >= 0.6 is 0 Å². The molecule has 2 aromatic carbocycles. The van der Waals surface area contributed by atoms with Crippen LogP contribution in [-0.2, 0) is 16.6 Å². The van der Waals surface area contributed by atoms with Crippen molar-refractivity contribution in [3.8, 4) is 5.69 Å². The first kappa shape index (κ1) is 22.2. The van der Waals surface area contributed by atoms with Crippen LogP contribution in [0.5, 0.6) is 0 Å². The number of aryl methyl sites for hydroxylation is 2. The lowest BCUT2D eigenvalue weighted by atomic mass is 10.1. The summed E-state index contributed by atoms with van der Waals surface area (Å²) in [6.45, 7) is 5.13. The molecule has 8 heteroatoms. The maximum atomic E-state index is 13.1. The number of rotatable bonds is 6. The Balaban J connectivity index is 1.46. The summed E-state index contributed by atoms with van der Waals surface area (Å²) in [5.74, 6) is 0.607. The Morgan fingerprint density at radius 2 is 1.75 bits per heavy atom. The zero-order valence-corrected chi connectivity index (χ0v) is 19.2. The summed E-state index contributed by atoms with van der Waals surface area (Å²) in [7, 11) is -3.60. The van der Waals surface area contributed by atoms with Gasteiger partial charge in [-0.25, -0.2) is 13.4 Å². The molecule has 1 aromatic heterocycles. The Hall–Kier alpha value is -2.97. The number of imidazole rings is 1. The standard InChI is InChI=1S/C24H28N4O3S/c1-18-6-9-21(16-23(18)32(30,31)27-13-4-3-5-14-27)24(29)26-17-20-7-10-22(11-8-20)28-15-12-25-19(28)2/h6-12,15-16H,3-5,13-14,17H2,1-2H3,(H,26,29). The largest absolute Gasteiger partial charge is 0.348 e. The van der Waals surface area contributed by atoms with E-state index in [-0.39, 0.29) is 10.8 Å². The number of nitrogens with one attached hydrogen (secondary N) is 1. The number of hydrogen-bond donors (Lipinski definition) is 1. The van der Waals surface area contributed by atoms with E-state index in [1.165, 1.54) is 10.4 Å². The summed E-state index contributed by atoms with van der Waals surface area (Å²) < 4.78 is 29.7. The lowest BCUT2D eigenvalue weighted by Gasteiger charge is -2.26. The maximum absolute atomic E-state index is 13.1. The Bertz CT molecular complexity index is 1210. The van der Waals surface area contributed by atoms with Gasteiger partial charge in [0.25, 0.3) is 5.91 Å². The number of aromatic nitrogens is 2. The molecule has 2 heterocycles. The van der Waals surface area contributed by atoms with Crippen molar-refractivity contribution >= 4 is 15.9 Å². The zero-order chi connectivity index (χ0) is 22.7. The topological polar surface area (TPSA) is 84.3 Å². The summed E-state index contributed by atoms with van der Waals surface area (Å²) in [6, 6.07) is 12.7. The lowest BCUT2D eigenvalue weighted by molar-refractivity contribution is 0.0950. The van der Waals surface area contributed by atoms with Gasteiger partial charge >= 0.3 is 0 Å². The van der Waals surface area contributed by atoms with Gasteiger partial charge in [0.1, 0.15) is 5.82 Å². The van der Waals surface area contributed by atoms with E-state index >= 15 is 0 Å². The van der Waals surface area contributed by atoms with Crippen LogP contribution in [0.25, 0.3) is 5.69 Å². The van der Waals surface area contributed by atoms with Crippen LogP contribution in [0.3, 0.4) is 0 Å². The molecule has 0 unspecified atom stereocenters. The average Bonchev–Trinajstić information content (AvgIpc) is 3.24. The van der Waals surface area contributed by atoms with Crippen molar-refractivity contribution in [1.29, 1.82) is 0 Å². The summed E-state index contributed by atoms with van der Waals surface area (Å²) in [4.78, 5) is 17.2. The van der Waals surface area contributed by atoms with Gasteiger partial charge < -0.3 is 9.88 Å². The Morgan fingerprint density at radius 1 is 1.03 bits per heavy atom. The van der Waals surface area contributed by atoms with Crippen molar-refractivity contribution in [2.45, 2.75) is 44.6 Å². The third-order valence-electron chi connectivity index (χ3n) is 5.88. The number of carbonyl (C=O) groups is 1. The quantitative estimate of drug-likeness (QED) is 0.619. The van der Waals surface area contributed by atoms with Gasteiger partial charge in [0.15, 0.2) is 0 Å². The van der Waals surface area contributed by atoms with Gasteiger partial charge in [-0.05, 0) is 62.1 Å². The highest BCUT2D eigenvalue weighted by atomic mass is 32.2. The molecule has 1 N–H and O–H groups in total. The number of amides is 1. The number of carbonyl (C=O) groups excluding carboxylic acids is 1. The zero-order valence-electron chi connectivity index (χ0n) is 18.4. The van der Waals surface area contributed by atoms with E-state index in [0.717, 1.165) is 36.3 Å². The molecule has 0 saturated carbocycles. The molecule has 1 fully saturated rings. The molecule has 32 heavy (non-hydrogen) atoms. The van der Waals surface area contributed by atoms with E-state index in [0.29, 0.717) is 30.8 Å². The molecule has 1 saturated heterocycles. The summed E-state index contributed by atoms with van der Waals surface area (Å²) in [6.07, 6.45) is 6.45. The number of nitrogens with zero attached hydrogens (tertiary/aromatic N) is 3. The maximum Gasteiger partial charge on any atom is 0.251 e. The van der Waals surface area contributed by atoms with E-state index in [9.17, 15) is 13.2 Å². The van der Waals surface area contributed by atoms with Crippen molar-refractivity contribution in [2.75, 3.05) is 13.1 Å². The van der Waals surface area contributed by atoms with Crippen molar-refractivity contribution in [2.24, 2.45) is 0 Å². The van der Waals surface area contributed by atoms with E-state index < -0.39 is 10.0 Å². The molecule has 0 spiro atoms. The van der Waals surface area contributed by atoms with E-state index in [1.807, 2.05) is 42.0 Å². The first-order valence-electron chi connectivity index (χ1n) is 10.8. The molecule has 168 valence electrons. The van der Waals surface area contributed by atoms with Gasteiger partial charge in [0, 0.05) is 43.3 Å². The first-order chi connectivity index (χ1) is 15.4. The fourth-order valence-electron chi connectivity index (χ4n) is 3.97. The molecule has 1 amide bonds. The second-order valence-corrected chi connectivity index (χ2v) is 10.0. The minimum absolute atomic E-state index is 0.215. The van der Waals surface area contributed by atoms with Crippen LogP contribution in [0, 0.1) is 13.8 Å². The van der Waals surface area contributed by atoms with Crippen LogP contribution in [0.15, 0.2) is 59.8 Å². The predicted octanol–water partition coefficient (Wildman–Crippen LogP) is 3.59. The van der Waals surface area contributed by atoms with E-state index in [2.05, 4.69) is 10.3 Å². The molecule has 7 nitrogen and oxygen atoms in total. The van der Waals surface area contributed by atoms with Gasteiger partial charge in [-0.3, -0.25) is 4.79 Å². The minimum atomic E-state index is -3.60. The van der Waals surface area contributed by atoms with E-state index in [1.54, 1.807) is 25.3 Å². The Morgan fingerprint density at radius 3 is 2.41 bits per heavy atom. The van der Waals surface area contributed by atoms with Crippen LogP contribution in [0.1, 0.15) is 46.6 Å². The number of benzene rings is 2.